The molecule has 94 valence electrons. The van der Waals surface area contributed by atoms with Gasteiger partial charge in [0.1, 0.15) is 5.82 Å². The van der Waals surface area contributed by atoms with Crippen LogP contribution in [0.2, 0.25) is 0 Å². The molecule has 5 heteroatoms. The van der Waals surface area contributed by atoms with Crippen LogP contribution in [0.5, 0.6) is 0 Å². The number of para-hydroxylation sites is 2. The van der Waals surface area contributed by atoms with Gasteiger partial charge in [0.2, 0.25) is 5.91 Å². The Bertz CT molecular complexity index is 746. The zero-order valence-corrected chi connectivity index (χ0v) is 11.4. The number of H-pyrrole nitrogens is 1. The van der Waals surface area contributed by atoms with E-state index in [4.69, 9.17) is 5.73 Å². The highest BCUT2D eigenvalue weighted by Crippen LogP contribution is 2.30. The number of carbonyl (C=O) groups is 1. The minimum Gasteiger partial charge on any atom is -0.366 e. The maximum absolute atomic E-state index is 11.3. The molecule has 1 amide bonds. The molecule has 2 aromatic carbocycles. The fourth-order valence-electron chi connectivity index (χ4n) is 1.99. The van der Waals surface area contributed by atoms with Crippen molar-refractivity contribution in [3.63, 3.8) is 0 Å². The van der Waals surface area contributed by atoms with E-state index in [-0.39, 0.29) is 0 Å². The Labute approximate surface area is 117 Å². The summed E-state index contributed by atoms with van der Waals surface area (Å²) in [5, 5.41) is 0. The summed E-state index contributed by atoms with van der Waals surface area (Å²) in [5.74, 6) is 0.237. The standard InChI is InChI=1S/C14H10BrN3O/c15-12-8(13(16)19)4-3-5-9(12)14-17-10-6-1-2-7-11(10)18-14/h1-7H,(H2,16,19)(H,17,18). The largest absolute Gasteiger partial charge is 0.366 e. The molecule has 0 aliphatic carbocycles. The second-order valence-corrected chi connectivity index (χ2v) is 4.93. The predicted molar refractivity (Wildman–Crippen MR) is 77.7 cm³/mol. The molecule has 0 bridgehead atoms. The van der Waals surface area contributed by atoms with Crippen LogP contribution in [0.3, 0.4) is 0 Å². The summed E-state index contributed by atoms with van der Waals surface area (Å²) in [6.45, 7) is 0. The number of hydrogen-bond acceptors (Lipinski definition) is 2. The van der Waals surface area contributed by atoms with Gasteiger partial charge in [-0.1, -0.05) is 24.3 Å². The molecule has 0 unspecified atom stereocenters. The number of primary amides is 1. The molecule has 4 nitrogen and oxygen atoms in total. The Balaban J connectivity index is 2.21. The van der Waals surface area contributed by atoms with Crippen LogP contribution in [0.1, 0.15) is 10.4 Å². The van der Waals surface area contributed by atoms with Crippen LogP contribution in [-0.2, 0) is 0 Å². The van der Waals surface area contributed by atoms with Crippen molar-refractivity contribution in [2.75, 3.05) is 0 Å². The molecule has 1 aromatic heterocycles. The lowest BCUT2D eigenvalue weighted by molar-refractivity contribution is 0.0999. The third-order valence-electron chi connectivity index (χ3n) is 2.91. The van der Waals surface area contributed by atoms with Crippen molar-refractivity contribution in [1.82, 2.24) is 9.97 Å². The number of carbonyl (C=O) groups excluding carboxylic acids is 1. The fraction of sp³-hybridized carbons (Fsp3) is 0. The van der Waals surface area contributed by atoms with Gasteiger partial charge in [-0.3, -0.25) is 4.79 Å². The van der Waals surface area contributed by atoms with Crippen LogP contribution in [0.15, 0.2) is 46.9 Å². The quantitative estimate of drug-likeness (QED) is 0.762. The van der Waals surface area contributed by atoms with E-state index in [1.807, 2.05) is 30.3 Å². The first-order chi connectivity index (χ1) is 9.16. The lowest BCUT2D eigenvalue weighted by Crippen LogP contribution is -2.11. The molecule has 0 radical (unpaired) electrons. The molecule has 0 atom stereocenters. The van der Waals surface area contributed by atoms with Gasteiger partial charge < -0.3 is 10.7 Å². The number of aromatic amines is 1. The van der Waals surface area contributed by atoms with Crippen molar-refractivity contribution in [1.29, 1.82) is 0 Å². The van der Waals surface area contributed by atoms with Gasteiger partial charge in [-0.15, -0.1) is 0 Å². The molecule has 3 rings (SSSR count). The molecule has 19 heavy (non-hydrogen) atoms. The zero-order chi connectivity index (χ0) is 13.4. The van der Waals surface area contributed by atoms with Crippen LogP contribution >= 0.6 is 15.9 Å². The minimum absolute atomic E-state index is 0.443. The third kappa shape index (κ3) is 2.02. The highest BCUT2D eigenvalue weighted by atomic mass is 79.9. The maximum Gasteiger partial charge on any atom is 0.249 e. The van der Waals surface area contributed by atoms with Crippen molar-refractivity contribution in [3.8, 4) is 11.4 Å². The van der Waals surface area contributed by atoms with Crippen LogP contribution in [0.4, 0.5) is 0 Å². The second-order valence-electron chi connectivity index (χ2n) is 4.13. The molecule has 3 N–H and O–H groups in total. The van der Waals surface area contributed by atoms with Crippen molar-refractivity contribution >= 4 is 32.9 Å². The third-order valence-corrected chi connectivity index (χ3v) is 3.76. The average Bonchev–Trinajstić information content (AvgIpc) is 2.82. The Hall–Kier alpha value is -2.14. The SMILES string of the molecule is NC(=O)c1cccc(-c2nc3ccccc3[nH]2)c1Br. The fourth-order valence-corrected chi connectivity index (χ4v) is 2.63. The molecular formula is C14H10BrN3O. The first-order valence-corrected chi connectivity index (χ1v) is 6.49. The van der Waals surface area contributed by atoms with Crippen molar-refractivity contribution in [3.05, 3.63) is 52.5 Å². The lowest BCUT2D eigenvalue weighted by Gasteiger charge is -2.04. The monoisotopic (exact) mass is 315 g/mol. The zero-order valence-electron chi connectivity index (χ0n) is 9.85. The maximum atomic E-state index is 11.3. The van der Waals surface area contributed by atoms with E-state index in [0.717, 1.165) is 16.6 Å². The van der Waals surface area contributed by atoms with Gasteiger partial charge in [0.05, 0.1) is 16.6 Å². The van der Waals surface area contributed by atoms with Gasteiger partial charge in [-0.2, -0.15) is 0 Å². The number of imidazole rings is 1. The minimum atomic E-state index is -0.468. The molecule has 0 saturated carbocycles. The Morgan fingerprint density at radius 3 is 2.68 bits per heavy atom. The number of benzene rings is 2. The number of nitrogens with two attached hydrogens (primary N) is 1. The van der Waals surface area contributed by atoms with Crippen LogP contribution in [-0.4, -0.2) is 15.9 Å². The van der Waals surface area contributed by atoms with Crippen molar-refractivity contribution in [2.45, 2.75) is 0 Å². The van der Waals surface area contributed by atoms with E-state index >= 15 is 0 Å². The Morgan fingerprint density at radius 1 is 1.16 bits per heavy atom. The summed E-state index contributed by atoms with van der Waals surface area (Å²) in [5.41, 5.74) is 8.43. The molecule has 0 saturated heterocycles. The predicted octanol–water partition coefficient (Wildman–Crippen LogP) is 3.09. The van der Waals surface area contributed by atoms with Gasteiger partial charge in [0.25, 0.3) is 0 Å². The first kappa shape index (κ1) is 11.9. The molecule has 0 spiro atoms. The van der Waals surface area contributed by atoms with Gasteiger partial charge in [0.15, 0.2) is 0 Å². The van der Waals surface area contributed by atoms with Gasteiger partial charge >= 0.3 is 0 Å². The number of rotatable bonds is 2. The molecule has 3 aromatic rings. The van der Waals surface area contributed by atoms with Crippen molar-refractivity contribution < 1.29 is 4.79 Å². The lowest BCUT2D eigenvalue weighted by atomic mass is 10.1. The highest BCUT2D eigenvalue weighted by Gasteiger charge is 2.13. The molecule has 0 fully saturated rings. The van der Waals surface area contributed by atoms with Crippen molar-refractivity contribution in [2.24, 2.45) is 5.73 Å². The highest BCUT2D eigenvalue weighted by molar-refractivity contribution is 9.10. The number of fused-ring (bicyclic) bond motifs is 1. The second kappa shape index (κ2) is 4.51. The Kier molecular flexibility index (Phi) is 2.83. The summed E-state index contributed by atoms with van der Waals surface area (Å²) in [6, 6.07) is 13.1. The van der Waals surface area contributed by atoms with E-state index < -0.39 is 5.91 Å². The van der Waals surface area contributed by atoms with E-state index in [0.29, 0.717) is 15.9 Å². The molecule has 0 aliphatic heterocycles. The summed E-state index contributed by atoms with van der Waals surface area (Å²) < 4.78 is 0.654. The van der Waals surface area contributed by atoms with E-state index in [9.17, 15) is 4.79 Å². The summed E-state index contributed by atoms with van der Waals surface area (Å²) in [7, 11) is 0. The molecule has 1 heterocycles. The van der Waals surface area contributed by atoms with Gasteiger partial charge in [-0.05, 0) is 34.1 Å². The first-order valence-electron chi connectivity index (χ1n) is 5.70. The number of aromatic nitrogens is 2. The normalized spacial score (nSPS) is 10.8. The van der Waals surface area contributed by atoms with Gasteiger partial charge in [0, 0.05) is 10.0 Å². The molecular weight excluding hydrogens is 306 g/mol. The average molecular weight is 316 g/mol. The summed E-state index contributed by atoms with van der Waals surface area (Å²) in [6.07, 6.45) is 0. The number of amides is 1. The number of hydrogen-bond donors (Lipinski definition) is 2. The Morgan fingerprint density at radius 2 is 1.95 bits per heavy atom. The topological polar surface area (TPSA) is 71.8 Å². The van der Waals surface area contributed by atoms with Gasteiger partial charge in [-0.25, -0.2) is 4.98 Å². The van der Waals surface area contributed by atoms with E-state index in [1.54, 1.807) is 12.1 Å². The van der Waals surface area contributed by atoms with E-state index in [2.05, 4.69) is 25.9 Å². The smallest absolute Gasteiger partial charge is 0.249 e. The van der Waals surface area contributed by atoms with Crippen LogP contribution in [0.25, 0.3) is 22.4 Å². The molecule has 0 aliphatic rings. The summed E-state index contributed by atoms with van der Waals surface area (Å²) >= 11 is 3.41. The van der Waals surface area contributed by atoms with E-state index in [1.165, 1.54) is 0 Å². The number of halogens is 1. The van der Waals surface area contributed by atoms with Crippen LogP contribution in [0, 0.1) is 0 Å². The summed E-state index contributed by atoms with van der Waals surface area (Å²) in [4.78, 5) is 19.1. The van der Waals surface area contributed by atoms with Crippen LogP contribution < -0.4 is 5.73 Å². The number of nitrogens with one attached hydrogen (secondary N) is 1. The number of nitrogens with zero attached hydrogens (tertiary/aromatic N) is 1.